The number of methoxy groups -OCH3 is 1. The van der Waals surface area contributed by atoms with Crippen molar-refractivity contribution in [3.05, 3.63) is 53.9 Å². The molecule has 3 atom stereocenters. The molecule has 0 spiro atoms. The van der Waals surface area contributed by atoms with Crippen LogP contribution in [0.1, 0.15) is 29.9 Å². The Labute approximate surface area is 202 Å². The van der Waals surface area contributed by atoms with E-state index in [1.807, 2.05) is 18.2 Å². The van der Waals surface area contributed by atoms with Crippen LogP contribution in [0.25, 0.3) is 0 Å². The molecule has 0 aliphatic carbocycles. The van der Waals surface area contributed by atoms with Gasteiger partial charge in [0.25, 0.3) is 5.91 Å². The Hall–Kier alpha value is -2.69. The molecule has 2 heterocycles. The van der Waals surface area contributed by atoms with Gasteiger partial charge in [0.15, 0.2) is 0 Å². The molecular formula is C24H34N4O5S. The number of hydrogen-bond acceptors (Lipinski definition) is 7. The van der Waals surface area contributed by atoms with E-state index in [-0.39, 0.29) is 24.0 Å². The Balaban J connectivity index is 1.96. The van der Waals surface area contributed by atoms with Crippen molar-refractivity contribution < 1.29 is 22.7 Å². The van der Waals surface area contributed by atoms with Gasteiger partial charge in [-0.3, -0.25) is 19.4 Å². The standard InChI is InChI=1S/C24H34N4O5S/c1-17-13-28(14-20-8-6-7-11-25-20)18(2)16-33-22-10-9-19(26-34(5,30)31)12-21(22)24(29)27(3)15-23(17)32-4/h6-12,17-18,23,26H,13-16H2,1-5H3/t17-,18-,23+/m1/s1. The molecule has 3 rings (SSSR count). The molecule has 1 N–H and O–H groups in total. The van der Waals surface area contributed by atoms with Gasteiger partial charge in [-0.15, -0.1) is 0 Å². The number of nitrogens with zero attached hydrogens (tertiary/aromatic N) is 3. The number of carbonyl (C=O) groups is 1. The number of anilines is 1. The lowest BCUT2D eigenvalue weighted by Crippen LogP contribution is -2.46. The van der Waals surface area contributed by atoms with Gasteiger partial charge in [0.1, 0.15) is 12.4 Å². The second-order valence-corrected chi connectivity index (χ2v) is 10.7. The Bertz CT molecular complexity index is 1080. The number of nitrogens with one attached hydrogen (secondary N) is 1. The van der Waals surface area contributed by atoms with Crippen molar-refractivity contribution in [1.82, 2.24) is 14.8 Å². The second-order valence-electron chi connectivity index (χ2n) is 8.93. The Kier molecular flexibility index (Phi) is 8.51. The highest BCUT2D eigenvalue weighted by Crippen LogP contribution is 2.27. The van der Waals surface area contributed by atoms with Crippen LogP contribution < -0.4 is 9.46 Å². The number of sulfonamides is 1. The molecule has 10 heteroatoms. The van der Waals surface area contributed by atoms with Gasteiger partial charge < -0.3 is 14.4 Å². The molecule has 0 fully saturated rings. The maximum atomic E-state index is 13.3. The zero-order valence-corrected chi connectivity index (χ0v) is 21.2. The first-order chi connectivity index (χ1) is 16.1. The topological polar surface area (TPSA) is 101 Å². The monoisotopic (exact) mass is 490 g/mol. The summed E-state index contributed by atoms with van der Waals surface area (Å²) in [6, 6.07) is 10.6. The van der Waals surface area contributed by atoms with Crippen LogP contribution in [0.5, 0.6) is 5.75 Å². The van der Waals surface area contributed by atoms with Crippen molar-refractivity contribution in [2.24, 2.45) is 5.92 Å². The van der Waals surface area contributed by atoms with E-state index in [2.05, 4.69) is 28.5 Å². The van der Waals surface area contributed by atoms with Gasteiger partial charge in [-0.1, -0.05) is 13.0 Å². The van der Waals surface area contributed by atoms with E-state index < -0.39 is 10.0 Å². The normalized spacial score (nSPS) is 22.8. The predicted molar refractivity (Wildman–Crippen MR) is 131 cm³/mol. The van der Waals surface area contributed by atoms with Crippen LogP contribution in [0.4, 0.5) is 5.69 Å². The fraction of sp³-hybridized carbons (Fsp3) is 0.500. The van der Waals surface area contributed by atoms with Gasteiger partial charge in [-0.25, -0.2) is 8.42 Å². The van der Waals surface area contributed by atoms with Crippen LogP contribution in [0, 0.1) is 5.92 Å². The first-order valence-corrected chi connectivity index (χ1v) is 13.1. The molecule has 2 aromatic rings. The van der Waals surface area contributed by atoms with E-state index >= 15 is 0 Å². The Morgan fingerprint density at radius 3 is 2.62 bits per heavy atom. The SMILES string of the molecule is CO[C@H]1CN(C)C(=O)c2cc(NS(C)(=O)=O)ccc2OC[C@@H](C)N(Cc2ccccn2)C[C@H]1C. The fourth-order valence-electron chi connectivity index (χ4n) is 4.05. The summed E-state index contributed by atoms with van der Waals surface area (Å²) in [6.45, 7) is 6.32. The molecule has 1 aliphatic heterocycles. The minimum Gasteiger partial charge on any atom is -0.491 e. The molecule has 1 aliphatic rings. The molecule has 186 valence electrons. The number of rotatable bonds is 5. The summed E-state index contributed by atoms with van der Waals surface area (Å²) in [5.41, 5.74) is 1.56. The smallest absolute Gasteiger partial charge is 0.257 e. The van der Waals surface area contributed by atoms with Gasteiger partial charge in [-0.2, -0.15) is 0 Å². The van der Waals surface area contributed by atoms with Crippen LogP contribution in [0.2, 0.25) is 0 Å². The van der Waals surface area contributed by atoms with Crippen LogP contribution in [-0.4, -0.2) is 81.4 Å². The highest BCUT2D eigenvalue weighted by Gasteiger charge is 2.28. The minimum absolute atomic E-state index is 0.0240. The number of benzene rings is 1. The van der Waals surface area contributed by atoms with Crippen molar-refractivity contribution in [2.45, 2.75) is 32.5 Å². The van der Waals surface area contributed by atoms with Crippen molar-refractivity contribution in [1.29, 1.82) is 0 Å². The summed E-state index contributed by atoms with van der Waals surface area (Å²) in [6.07, 6.45) is 2.67. The molecule has 0 bridgehead atoms. The molecule has 9 nitrogen and oxygen atoms in total. The molecule has 0 radical (unpaired) electrons. The average molecular weight is 491 g/mol. The predicted octanol–water partition coefficient (Wildman–Crippen LogP) is 2.46. The van der Waals surface area contributed by atoms with Crippen LogP contribution >= 0.6 is 0 Å². The van der Waals surface area contributed by atoms with E-state index in [1.165, 1.54) is 6.07 Å². The quantitative estimate of drug-likeness (QED) is 0.687. The first-order valence-electron chi connectivity index (χ1n) is 11.2. The van der Waals surface area contributed by atoms with E-state index in [4.69, 9.17) is 9.47 Å². The summed E-state index contributed by atoms with van der Waals surface area (Å²) in [5.74, 6) is 0.270. The van der Waals surface area contributed by atoms with Gasteiger partial charge >= 0.3 is 0 Å². The summed E-state index contributed by atoms with van der Waals surface area (Å²) in [4.78, 5) is 21.7. The largest absolute Gasteiger partial charge is 0.491 e. The van der Waals surface area contributed by atoms with E-state index in [0.29, 0.717) is 36.7 Å². The van der Waals surface area contributed by atoms with Gasteiger partial charge in [0, 0.05) is 51.7 Å². The van der Waals surface area contributed by atoms with Crippen LogP contribution in [-0.2, 0) is 21.3 Å². The van der Waals surface area contributed by atoms with Crippen LogP contribution in [0.15, 0.2) is 42.6 Å². The number of carbonyl (C=O) groups excluding carboxylic acids is 1. The molecule has 0 saturated heterocycles. The number of fused-ring (bicyclic) bond motifs is 1. The van der Waals surface area contributed by atoms with Crippen molar-refractivity contribution in [3.8, 4) is 5.75 Å². The van der Waals surface area contributed by atoms with Crippen LogP contribution in [0.3, 0.4) is 0 Å². The summed E-state index contributed by atoms with van der Waals surface area (Å²) >= 11 is 0. The van der Waals surface area contributed by atoms with E-state index in [9.17, 15) is 13.2 Å². The number of hydrogen-bond donors (Lipinski definition) is 1. The first kappa shape index (κ1) is 25.9. The van der Waals surface area contributed by atoms with Crippen molar-refractivity contribution in [2.75, 3.05) is 44.8 Å². The van der Waals surface area contributed by atoms with E-state index in [1.54, 1.807) is 37.4 Å². The fourth-order valence-corrected chi connectivity index (χ4v) is 4.60. The molecule has 0 saturated carbocycles. The highest BCUT2D eigenvalue weighted by molar-refractivity contribution is 7.92. The average Bonchev–Trinajstić information content (AvgIpc) is 2.79. The number of likely N-dealkylation sites (N-methyl/N-ethyl adjacent to an activating group) is 1. The number of ether oxygens (including phenoxy) is 2. The summed E-state index contributed by atoms with van der Waals surface area (Å²) < 4.78 is 37.7. The molecule has 1 aromatic heterocycles. The van der Waals surface area contributed by atoms with Gasteiger partial charge in [0.2, 0.25) is 10.0 Å². The highest BCUT2D eigenvalue weighted by atomic mass is 32.2. The number of amides is 1. The molecule has 34 heavy (non-hydrogen) atoms. The minimum atomic E-state index is -3.49. The third-order valence-corrected chi connectivity index (χ3v) is 6.57. The number of pyridine rings is 1. The molecule has 1 amide bonds. The van der Waals surface area contributed by atoms with Gasteiger partial charge in [0.05, 0.1) is 23.6 Å². The third kappa shape index (κ3) is 6.91. The third-order valence-electron chi connectivity index (χ3n) is 5.97. The van der Waals surface area contributed by atoms with Crippen molar-refractivity contribution >= 4 is 21.6 Å². The number of aromatic nitrogens is 1. The van der Waals surface area contributed by atoms with Crippen molar-refractivity contribution in [3.63, 3.8) is 0 Å². The Morgan fingerprint density at radius 2 is 1.97 bits per heavy atom. The zero-order chi connectivity index (χ0) is 24.9. The molecule has 0 unspecified atom stereocenters. The maximum Gasteiger partial charge on any atom is 0.257 e. The van der Waals surface area contributed by atoms with Gasteiger partial charge in [-0.05, 0) is 43.2 Å². The zero-order valence-electron chi connectivity index (χ0n) is 20.4. The van der Waals surface area contributed by atoms with E-state index in [0.717, 1.165) is 18.5 Å². The molecule has 1 aromatic carbocycles. The maximum absolute atomic E-state index is 13.3. The Morgan fingerprint density at radius 1 is 1.21 bits per heavy atom. The second kappa shape index (κ2) is 11.2. The molecular weight excluding hydrogens is 456 g/mol. The lowest BCUT2D eigenvalue weighted by molar-refractivity contribution is 0.00901. The lowest BCUT2D eigenvalue weighted by Gasteiger charge is -2.35. The summed E-state index contributed by atoms with van der Waals surface area (Å²) in [5, 5.41) is 0. The summed E-state index contributed by atoms with van der Waals surface area (Å²) in [7, 11) is -0.123. The lowest BCUT2D eigenvalue weighted by atomic mass is 10.0.